The molecule has 0 saturated carbocycles. The summed E-state index contributed by atoms with van der Waals surface area (Å²) in [6, 6.07) is 8.71. The van der Waals surface area contributed by atoms with Crippen molar-refractivity contribution >= 4 is 10.9 Å². The minimum Gasteiger partial charge on any atom is -0.497 e. The van der Waals surface area contributed by atoms with E-state index >= 15 is 0 Å². The molecule has 6 rings (SSSR count). The monoisotopic (exact) mass is 336 g/mol. The van der Waals surface area contributed by atoms with Crippen molar-refractivity contribution in [2.45, 2.75) is 24.5 Å². The number of fused-ring (bicyclic) bond motifs is 4. The van der Waals surface area contributed by atoms with Gasteiger partial charge in [0, 0.05) is 24.2 Å². The Hall–Kier alpha value is -1.91. The lowest BCUT2D eigenvalue weighted by atomic mass is 9.71. The third kappa shape index (κ3) is 2.24. The third-order valence-corrected chi connectivity index (χ3v) is 6.51. The molecule has 2 bridgehead atoms. The normalized spacial score (nSPS) is 36.4. The standard InChI is InChI=1S/C21H24N2O2/c1-3-14-12-23-9-7-15(14)10-20(23)21(13-25-21)18-6-8-22-19-5-4-16(24-2)11-17(18)19/h3-6,8,11,14-15,20H,1,7,9-10,12-13H2,2H3/t14-,15-,20-,21+/m0/s1. The lowest BCUT2D eigenvalue weighted by Crippen LogP contribution is -2.57. The van der Waals surface area contributed by atoms with Crippen molar-refractivity contribution in [1.29, 1.82) is 0 Å². The van der Waals surface area contributed by atoms with E-state index in [0.717, 1.165) is 35.7 Å². The van der Waals surface area contributed by atoms with Crippen LogP contribution in [0.3, 0.4) is 0 Å². The van der Waals surface area contributed by atoms with Crippen molar-refractivity contribution in [3.05, 3.63) is 48.7 Å². The van der Waals surface area contributed by atoms with Crippen LogP contribution < -0.4 is 4.74 Å². The molecule has 1 aromatic carbocycles. The second kappa shape index (κ2) is 5.55. The van der Waals surface area contributed by atoms with Crippen molar-refractivity contribution < 1.29 is 9.47 Å². The Balaban J connectivity index is 1.57. The van der Waals surface area contributed by atoms with Gasteiger partial charge in [0.25, 0.3) is 0 Å². The molecule has 0 amide bonds. The van der Waals surface area contributed by atoms with Crippen molar-refractivity contribution in [3.63, 3.8) is 0 Å². The number of rotatable bonds is 4. The van der Waals surface area contributed by atoms with Gasteiger partial charge in [0.1, 0.15) is 11.4 Å². The van der Waals surface area contributed by atoms with E-state index in [0.29, 0.717) is 12.0 Å². The second-order valence-corrected chi connectivity index (χ2v) is 7.61. The Morgan fingerprint density at radius 2 is 2.28 bits per heavy atom. The molecule has 25 heavy (non-hydrogen) atoms. The Bertz CT molecular complexity index is 830. The first-order valence-electron chi connectivity index (χ1n) is 9.19. The topological polar surface area (TPSA) is 37.9 Å². The van der Waals surface area contributed by atoms with Crippen LogP contribution in [0.5, 0.6) is 5.75 Å². The Labute approximate surface area is 148 Å². The molecule has 5 heterocycles. The van der Waals surface area contributed by atoms with Crippen LogP contribution in [0.15, 0.2) is 43.1 Å². The lowest BCUT2D eigenvalue weighted by molar-refractivity contribution is -0.0205. The SMILES string of the molecule is C=C[C@H]1CN2CC[C@H]1C[C@H]2[C@]1(c2ccnc3ccc(OC)cc23)CO1. The van der Waals surface area contributed by atoms with Crippen molar-refractivity contribution in [2.24, 2.45) is 11.8 Å². The van der Waals surface area contributed by atoms with Crippen LogP contribution in [0.1, 0.15) is 18.4 Å². The van der Waals surface area contributed by atoms with Gasteiger partial charge in [0.05, 0.1) is 19.2 Å². The van der Waals surface area contributed by atoms with Gasteiger partial charge in [-0.1, -0.05) is 6.08 Å². The largest absolute Gasteiger partial charge is 0.497 e. The van der Waals surface area contributed by atoms with Crippen LogP contribution in [0.2, 0.25) is 0 Å². The first kappa shape index (κ1) is 15.4. The number of aromatic nitrogens is 1. The van der Waals surface area contributed by atoms with Gasteiger partial charge in [-0.3, -0.25) is 9.88 Å². The molecule has 4 saturated heterocycles. The summed E-state index contributed by atoms with van der Waals surface area (Å²) in [5, 5.41) is 1.15. The van der Waals surface area contributed by atoms with E-state index in [4.69, 9.17) is 9.47 Å². The summed E-state index contributed by atoms with van der Waals surface area (Å²) in [6.07, 6.45) is 6.55. The third-order valence-electron chi connectivity index (χ3n) is 6.51. The fourth-order valence-corrected chi connectivity index (χ4v) is 5.05. The Morgan fingerprint density at radius 1 is 1.40 bits per heavy atom. The number of pyridine rings is 1. The molecule has 4 heteroatoms. The predicted octanol–water partition coefficient (Wildman–Crippen LogP) is 3.37. The highest BCUT2D eigenvalue weighted by molar-refractivity contribution is 5.85. The maximum Gasteiger partial charge on any atom is 0.133 e. The Kier molecular flexibility index (Phi) is 3.41. The van der Waals surface area contributed by atoms with Gasteiger partial charge in [-0.05, 0) is 61.1 Å². The van der Waals surface area contributed by atoms with Gasteiger partial charge in [0.2, 0.25) is 0 Å². The molecule has 2 aromatic rings. The minimum absolute atomic E-state index is 0.182. The van der Waals surface area contributed by atoms with E-state index in [9.17, 15) is 0 Å². The summed E-state index contributed by atoms with van der Waals surface area (Å²) >= 11 is 0. The van der Waals surface area contributed by atoms with Gasteiger partial charge >= 0.3 is 0 Å². The maximum atomic E-state index is 6.19. The molecule has 130 valence electrons. The smallest absolute Gasteiger partial charge is 0.133 e. The van der Waals surface area contributed by atoms with E-state index < -0.39 is 0 Å². The minimum atomic E-state index is -0.182. The van der Waals surface area contributed by atoms with Crippen LogP contribution in [0.25, 0.3) is 10.9 Å². The summed E-state index contributed by atoms with van der Waals surface area (Å²) < 4.78 is 11.6. The number of nitrogens with zero attached hydrogens (tertiary/aromatic N) is 2. The number of hydrogen-bond donors (Lipinski definition) is 0. The molecule has 0 radical (unpaired) electrons. The highest BCUT2D eigenvalue weighted by Crippen LogP contribution is 2.52. The van der Waals surface area contributed by atoms with E-state index in [-0.39, 0.29) is 5.60 Å². The molecule has 5 atom stereocenters. The van der Waals surface area contributed by atoms with Crippen LogP contribution in [0.4, 0.5) is 0 Å². The average molecular weight is 336 g/mol. The number of piperidine rings is 3. The first-order valence-corrected chi connectivity index (χ1v) is 9.19. The molecule has 1 aromatic heterocycles. The van der Waals surface area contributed by atoms with E-state index in [1.54, 1.807) is 7.11 Å². The van der Waals surface area contributed by atoms with E-state index in [1.165, 1.54) is 24.9 Å². The highest BCUT2D eigenvalue weighted by Gasteiger charge is 2.59. The highest BCUT2D eigenvalue weighted by atomic mass is 16.6. The lowest BCUT2D eigenvalue weighted by Gasteiger charge is -2.51. The van der Waals surface area contributed by atoms with Crippen LogP contribution in [-0.2, 0) is 10.3 Å². The molecule has 4 aliphatic rings. The zero-order valence-electron chi connectivity index (χ0n) is 14.6. The molecule has 4 fully saturated rings. The fourth-order valence-electron chi connectivity index (χ4n) is 5.05. The molecular formula is C21H24N2O2. The molecule has 0 spiro atoms. The molecule has 1 unspecified atom stereocenters. The zero-order chi connectivity index (χ0) is 17.0. The first-order chi connectivity index (χ1) is 12.2. The predicted molar refractivity (Wildman–Crippen MR) is 97.7 cm³/mol. The van der Waals surface area contributed by atoms with Gasteiger partial charge in [0.15, 0.2) is 0 Å². The molecule has 0 N–H and O–H groups in total. The number of benzene rings is 1. The van der Waals surface area contributed by atoms with Crippen LogP contribution >= 0.6 is 0 Å². The zero-order valence-corrected chi connectivity index (χ0v) is 14.6. The summed E-state index contributed by atoms with van der Waals surface area (Å²) in [5.74, 6) is 2.25. The van der Waals surface area contributed by atoms with Crippen molar-refractivity contribution in [3.8, 4) is 5.75 Å². The molecule has 4 nitrogen and oxygen atoms in total. The summed E-state index contributed by atoms with van der Waals surface area (Å²) in [6.45, 7) is 7.14. The maximum absolute atomic E-state index is 6.19. The van der Waals surface area contributed by atoms with Gasteiger partial charge in [-0.15, -0.1) is 6.58 Å². The van der Waals surface area contributed by atoms with Crippen molar-refractivity contribution in [1.82, 2.24) is 9.88 Å². The summed E-state index contributed by atoms with van der Waals surface area (Å²) in [5.41, 5.74) is 2.09. The number of hydrogen-bond acceptors (Lipinski definition) is 4. The fraction of sp³-hybridized carbons (Fsp3) is 0.476. The van der Waals surface area contributed by atoms with Gasteiger partial charge < -0.3 is 9.47 Å². The van der Waals surface area contributed by atoms with Gasteiger partial charge in [-0.2, -0.15) is 0 Å². The molecule has 4 aliphatic heterocycles. The van der Waals surface area contributed by atoms with Gasteiger partial charge in [-0.25, -0.2) is 0 Å². The molecular weight excluding hydrogens is 312 g/mol. The van der Waals surface area contributed by atoms with Crippen LogP contribution in [-0.4, -0.2) is 42.7 Å². The number of methoxy groups -OCH3 is 1. The van der Waals surface area contributed by atoms with E-state index in [2.05, 4.69) is 34.7 Å². The second-order valence-electron chi connectivity index (χ2n) is 7.61. The Morgan fingerprint density at radius 3 is 2.96 bits per heavy atom. The van der Waals surface area contributed by atoms with Crippen LogP contribution in [0, 0.1) is 11.8 Å². The summed E-state index contributed by atoms with van der Waals surface area (Å²) in [7, 11) is 1.71. The summed E-state index contributed by atoms with van der Waals surface area (Å²) in [4.78, 5) is 7.17. The van der Waals surface area contributed by atoms with Crippen molar-refractivity contribution in [2.75, 3.05) is 26.8 Å². The molecule has 0 aliphatic carbocycles. The average Bonchev–Trinajstić information content (AvgIpc) is 3.49. The number of epoxide rings is 1. The number of ether oxygens (including phenoxy) is 2. The van der Waals surface area contributed by atoms with E-state index in [1.807, 2.05) is 18.3 Å². The quantitative estimate of drug-likeness (QED) is 0.634.